The molecule has 1 aromatic rings. The van der Waals surface area contributed by atoms with Crippen LogP contribution in [0, 0.1) is 0 Å². The first-order chi connectivity index (χ1) is 8.07. The average molecular weight is 234 g/mol. The smallest absolute Gasteiger partial charge is 0.235 e. The highest BCUT2D eigenvalue weighted by Gasteiger charge is 2.35. The van der Waals surface area contributed by atoms with Crippen molar-refractivity contribution in [3.05, 3.63) is 40.8 Å². The van der Waals surface area contributed by atoms with Gasteiger partial charge in [0.1, 0.15) is 5.75 Å². The van der Waals surface area contributed by atoms with Gasteiger partial charge >= 0.3 is 0 Å². The van der Waals surface area contributed by atoms with Crippen LogP contribution in [0.3, 0.4) is 0 Å². The molecule has 0 spiro atoms. The molecule has 0 fully saturated rings. The van der Waals surface area contributed by atoms with Gasteiger partial charge in [-0.15, -0.1) is 0 Å². The van der Waals surface area contributed by atoms with Crippen LogP contribution in [0.4, 0.5) is 0 Å². The predicted molar refractivity (Wildman–Crippen MR) is 58.0 cm³/mol. The van der Waals surface area contributed by atoms with Crippen molar-refractivity contribution >= 4 is 11.6 Å². The summed E-state index contributed by atoms with van der Waals surface area (Å²) in [5.74, 6) is -2.86. The molecule has 0 atom stereocenters. The molecule has 0 amide bonds. The number of allylic oxidation sites excluding steroid dienone is 2. The number of aliphatic hydroxyl groups excluding tert-OH is 1. The first-order valence-corrected chi connectivity index (χ1v) is 5.05. The van der Waals surface area contributed by atoms with Crippen LogP contribution in [0.1, 0.15) is 27.6 Å². The molecule has 1 aliphatic rings. The number of ketones is 2. The minimum atomic E-state index is -0.804. The zero-order valence-electron chi connectivity index (χ0n) is 9.06. The van der Waals surface area contributed by atoms with Gasteiger partial charge < -0.3 is 14.9 Å². The fourth-order valence-electron chi connectivity index (χ4n) is 1.70. The molecule has 5 nitrogen and oxygen atoms in total. The molecule has 0 saturated carbocycles. The lowest BCUT2D eigenvalue weighted by atomic mass is 9.91. The largest absolute Gasteiger partial charge is 0.507 e. The van der Waals surface area contributed by atoms with Gasteiger partial charge in [-0.2, -0.15) is 0 Å². The second-order valence-corrected chi connectivity index (χ2v) is 3.47. The summed E-state index contributed by atoms with van der Waals surface area (Å²) in [4.78, 5) is 23.7. The van der Waals surface area contributed by atoms with Gasteiger partial charge in [-0.1, -0.05) is 6.07 Å². The van der Waals surface area contributed by atoms with Gasteiger partial charge in [-0.3, -0.25) is 9.59 Å². The molecule has 0 aromatic heterocycles. The summed E-state index contributed by atoms with van der Waals surface area (Å²) in [6.45, 7) is 1.79. The van der Waals surface area contributed by atoms with Crippen molar-refractivity contribution in [3.8, 4) is 5.75 Å². The van der Waals surface area contributed by atoms with Crippen LogP contribution in [0.2, 0.25) is 0 Å². The summed E-state index contributed by atoms with van der Waals surface area (Å²) in [7, 11) is 0. The Morgan fingerprint density at radius 3 is 2.53 bits per heavy atom. The number of Topliss-reactive ketones (excluding diaryl/α,β-unsaturated/α-hetero) is 2. The number of aliphatic hydroxyl groups is 1. The maximum Gasteiger partial charge on any atom is 0.235 e. The van der Waals surface area contributed by atoms with E-state index in [0.717, 1.165) is 0 Å². The second-order valence-electron chi connectivity index (χ2n) is 3.47. The number of benzene rings is 1. The molecule has 0 heterocycles. The summed E-state index contributed by atoms with van der Waals surface area (Å²) >= 11 is 0. The van der Waals surface area contributed by atoms with Gasteiger partial charge in [0.25, 0.3) is 0 Å². The van der Waals surface area contributed by atoms with E-state index < -0.39 is 17.3 Å². The quantitative estimate of drug-likeness (QED) is 0.811. The Labute approximate surface area is 97.0 Å². The first-order valence-electron chi connectivity index (χ1n) is 5.05. The summed E-state index contributed by atoms with van der Waals surface area (Å²) < 4.78 is 4.95. The van der Waals surface area contributed by atoms with Crippen molar-refractivity contribution in [2.45, 2.75) is 6.92 Å². The van der Waals surface area contributed by atoms with E-state index >= 15 is 0 Å². The molecule has 5 heteroatoms. The van der Waals surface area contributed by atoms with E-state index in [1.807, 2.05) is 0 Å². The Balaban J connectivity index is 2.65. The molecule has 2 rings (SSSR count). The minimum absolute atomic E-state index is 0.0382. The van der Waals surface area contributed by atoms with Crippen LogP contribution in [-0.4, -0.2) is 28.4 Å². The molecular formula is C12H10O5. The molecule has 2 N–H and O–H groups in total. The Kier molecular flexibility index (Phi) is 2.59. The molecule has 17 heavy (non-hydrogen) atoms. The number of rotatable bonds is 2. The zero-order chi connectivity index (χ0) is 12.6. The van der Waals surface area contributed by atoms with Crippen molar-refractivity contribution < 1.29 is 24.5 Å². The summed E-state index contributed by atoms with van der Waals surface area (Å²) in [6.07, 6.45) is 0. The van der Waals surface area contributed by atoms with Crippen molar-refractivity contribution in [2.75, 3.05) is 6.61 Å². The van der Waals surface area contributed by atoms with Gasteiger partial charge in [0.2, 0.25) is 23.1 Å². The van der Waals surface area contributed by atoms with E-state index in [9.17, 15) is 19.8 Å². The second kappa shape index (κ2) is 3.93. The fourth-order valence-corrected chi connectivity index (χ4v) is 1.70. The normalized spacial score (nSPS) is 14.9. The third kappa shape index (κ3) is 1.56. The van der Waals surface area contributed by atoms with Crippen molar-refractivity contribution in [3.63, 3.8) is 0 Å². The van der Waals surface area contributed by atoms with E-state index in [1.54, 1.807) is 6.92 Å². The van der Waals surface area contributed by atoms with Gasteiger partial charge in [-0.05, 0) is 19.1 Å². The summed E-state index contributed by atoms with van der Waals surface area (Å²) in [6, 6.07) is 4.13. The highest BCUT2D eigenvalue weighted by molar-refractivity contribution is 6.26. The third-order valence-electron chi connectivity index (χ3n) is 2.44. The number of carbonyl (C=O) groups excluding carboxylic acids is 2. The summed E-state index contributed by atoms with van der Waals surface area (Å²) in [5, 5.41) is 19.1. The standard InChI is InChI=1S/C12H10O5/c1-2-17-12-9(14)6-4-3-5-7(13)8(6)10(15)11(12)16/h3-5,13,16H,2H2,1H3. The van der Waals surface area contributed by atoms with E-state index in [-0.39, 0.29) is 29.2 Å². The zero-order valence-corrected chi connectivity index (χ0v) is 9.06. The predicted octanol–water partition coefficient (Wildman–Crippen LogP) is 1.58. The lowest BCUT2D eigenvalue weighted by Crippen LogP contribution is -2.23. The Bertz CT molecular complexity index is 542. The highest BCUT2D eigenvalue weighted by atomic mass is 16.5. The molecule has 0 aliphatic heterocycles. The lowest BCUT2D eigenvalue weighted by molar-refractivity contribution is 0.0825. The topological polar surface area (TPSA) is 83.8 Å². The van der Waals surface area contributed by atoms with Crippen LogP contribution in [0.5, 0.6) is 5.75 Å². The number of hydrogen-bond donors (Lipinski definition) is 2. The number of aromatic hydroxyl groups is 1. The van der Waals surface area contributed by atoms with E-state index in [0.29, 0.717) is 0 Å². The van der Waals surface area contributed by atoms with Crippen LogP contribution < -0.4 is 0 Å². The average Bonchev–Trinajstić information content (AvgIpc) is 2.31. The van der Waals surface area contributed by atoms with Crippen molar-refractivity contribution in [1.29, 1.82) is 0 Å². The van der Waals surface area contributed by atoms with Gasteiger partial charge in [0, 0.05) is 5.56 Å². The SMILES string of the molecule is CCOC1=C(O)C(=O)c2c(O)cccc2C1=O. The number of carbonyl (C=O) groups is 2. The molecule has 1 aromatic carbocycles. The molecule has 0 radical (unpaired) electrons. The Morgan fingerprint density at radius 1 is 1.18 bits per heavy atom. The van der Waals surface area contributed by atoms with Gasteiger partial charge in [0.15, 0.2) is 0 Å². The number of fused-ring (bicyclic) bond motifs is 1. The molecule has 0 saturated heterocycles. The monoisotopic (exact) mass is 234 g/mol. The maximum absolute atomic E-state index is 11.9. The number of hydrogen-bond acceptors (Lipinski definition) is 5. The third-order valence-corrected chi connectivity index (χ3v) is 2.44. The van der Waals surface area contributed by atoms with Crippen LogP contribution in [0.15, 0.2) is 29.7 Å². The van der Waals surface area contributed by atoms with E-state index in [4.69, 9.17) is 4.74 Å². The number of ether oxygens (including phenoxy) is 1. The van der Waals surface area contributed by atoms with E-state index in [1.165, 1.54) is 18.2 Å². The number of phenolic OH excluding ortho intramolecular Hbond substituents is 1. The molecule has 1 aliphatic carbocycles. The van der Waals surface area contributed by atoms with Crippen LogP contribution >= 0.6 is 0 Å². The fraction of sp³-hybridized carbons (Fsp3) is 0.167. The molecule has 88 valence electrons. The maximum atomic E-state index is 11.9. The first kappa shape index (κ1) is 11.2. The van der Waals surface area contributed by atoms with E-state index in [2.05, 4.69) is 0 Å². The van der Waals surface area contributed by atoms with Crippen LogP contribution in [-0.2, 0) is 4.74 Å². The Hall–Kier alpha value is -2.30. The van der Waals surface area contributed by atoms with Crippen LogP contribution in [0.25, 0.3) is 0 Å². The van der Waals surface area contributed by atoms with Crippen molar-refractivity contribution in [1.82, 2.24) is 0 Å². The lowest BCUT2D eigenvalue weighted by Gasteiger charge is -2.17. The summed E-state index contributed by atoms with van der Waals surface area (Å²) in [5.41, 5.74) is -0.144. The number of phenols is 1. The molecule has 0 unspecified atom stereocenters. The highest BCUT2D eigenvalue weighted by Crippen LogP contribution is 2.31. The van der Waals surface area contributed by atoms with Gasteiger partial charge in [-0.25, -0.2) is 0 Å². The molecular weight excluding hydrogens is 224 g/mol. The molecule has 0 bridgehead atoms. The van der Waals surface area contributed by atoms with Crippen molar-refractivity contribution in [2.24, 2.45) is 0 Å². The minimum Gasteiger partial charge on any atom is -0.507 e. The van der Waals surface area contributed by atoms with Gasteiger partial charge in [0.05, 0.1) is 12.2 Å². The Morgan fingerprint density at radius 2 is 1.88 bits per heavy atom.